The van der Waals surface area contributed by atoms with E-state index in [4.69, 9.17) is 9.47 Å². The Balaban J connectivity index is 0.00000484. The van der Waals surface area contributed by atoms with Crippen LogP contribution in [0.5, 0.6) is 0 Å². The van der Waals surface area contributed by atoms with Gasteiger partial charge in [-0.1, -0.05) is 24.3 Å². The Labute approximate surface area is 157 Å². The second kappa shape index (κ2) is 14.7. The van der Waals surface area contributed by atoms with E-state index in [0.29, 0.717) is 19.8 Å². The molecule has 1 rings (SSSR count). The van der Waals surface area contributed by atoms with E-state index in [1.54, 1.807) is 0 Å². The fourth-order valence-corrected chi connectivity index (χ4v) is 1.96. The molecule has 2 N–H and O–H groups in total. The van der Waals surface area contributed by atoms with Crippen LogP contribution in [0.15, 0.2) is 29.3 Å². The molecule has 0 heterocycles. The molecule has 0 aliphatic heterocycles. The lowest BCUT2D eigenvalue weighted by Crippen LogP contribution is -2.39. The van der Waals surface area contributed by atoms with E-state index in [1.807, 2.05) is 26.0 Å². The van der Waals surface area contributed by atoms with Crippen LogP contribution in [-0.2, 0) is 22.6 Å². The van der Waals surface area contributed by atoms with Gasteiger partial charge >= 0.3 is 0 Å². The molecule has 0 atom stereocenters. The molecule has 1 aromatic carbocycles. The monoisotopic (exact) mass is 435 g/mol. The normalized spacial score (nSPS) is 11.0. The number of aliphatic imine (C=N–C) groups is 1. The maximum atomic E-state index is 5.51. The Bertz CT molecular complexity index is 442. The third-order valence-electron chi connectivity index (χ3n) is 3.07. The molecule has 0 saturated carbocycles. The van der Waals surface area contributed by atoms with Crippen LogP contribution in [0.3, 0.4) is 0 Å². The Hall–Kier alpha value is -0.860. The molecule has 23 heavy (non-hydrogen) atoms. The third-order valence-corrected chi connectivity index (χ3v) is 3.07. The van der Waals surface area contributed by atoms with E-state index in [2.05, 4.69) is 34.7 Å². The molecule has 5 nitrogen and oxygen atoms in total. The van der Waals surface area contributed by atoms with Gasteiger partial charge in [-0.25, -0.2) is 4.99 Å². The van der Waals surface area contributed by atoms with Crippen molar-refractivity contribution in [2.45, 2.75) is 33.9 Å². The first-order chi connectivity index (χ1) is 10.8. The lowest BCUT2D eigenvalue weighted by molar-refractivity contribution is 0.133. The van der Waals surface area contributed by atoms with Crippen LogP contribution in [0, 0.1) is 0 Å². The van der Waals surface area contributed by atoms with Crippen LogP contribution in [-0.4, -0.2) is 38.9 Å². The predicted octanol–water partition coefficient (Wildman–Crippen LogP) is 2.93. The van der Waals surface area contributed by atoms with Gasteiger partial charge in [-0.05, 0) is 31.9 Å². The van der Waals surface area contributed by atoms with Gasteiger partial charge in [0, 0.05) is 26.3 Å². The Morgan fingerprint density at radius 2 is 1.70 bits per heavy atom. The Kier molecular flexibility index (Phi) is 14.2. The highest BCUT2D eigenvalue weighted by atomic mass is 127. The number of guanidine groups is 1. The van der Waals surface area contributed by atoms with Crippen LogP contribution < -0.4 is 10.6 Å². The zero-order chi connectivity index (χ0) is 16.0. The van der Waals surface area contributed by atoms with Gasteiger partial charge < -0.3 is 20.1 Å². The summed E-state index contributed by atoms with van der Waals surface area (Å²) >= 11 is 0. The van der Waals surface area contributed by atoms with Crippen molar-refractivity contribution in [1.29, 1.82) is 0 Å². The summed E-state index contributed by atoms with van der Waals surface area (Å²) in [5, 5.41) is 6.52. The van der Waals surface area contributed by atoms with Crippen molar-refractivity contribution in [2.75, 3.05) is 32.9 Å². The van der Waals surface area contributed by atoms with Crippen molar-refractivity contribution < 1.29 is 9.47 Å². The van der Waals surface area contributed by atoms with Crippen molar-refractivity contribution in [3.8, 4) is 0 Å². The predicted molar refractivity (Wildman–Crippen MR) is 106 cm³/mol. The van der Waals surface area contributed by atoms with E-state index < -0.39 is 0 Å². The van der Waals surface area contributed by atoms with Crippen LogP contribution in [0.1, 0.15) is 31.9 Å². The minimum Gasteiger partial charge on any atom is -0.380 e. The molecule has 0 amide bonds. The average molecular weight is 435 g/mol. The summed E-state index contributed by atoms with van der Waals surface area (Å²) < 4.78 is 10.8. The van der Waals surface area contributed by atoms with Crippen LogP contribution in [0.2, 0.25) is 0 Å². The highest BCUT2D eigenvalue weighted by Crippen LogP contribution is 2.11. The van der Waals surface area contributed by atoms with E-state index in [0.717, 1.165) is 32.3 Å². The Morgan fingerprint density at radius 1 is 1.00 bits per heavy atom. The number of hydrogen-bond donors (Lipinski definition) is 2. The SMILES string of the molecule is CCNC(=NCc1ccccc1COCC)NCCOCC.I. The maximum absolute atomic E-state index is 5.51. The largest absolute Gasteiger partial charge is 0.380 e. The molecule has 1 aromatic rings. The smallest absolute Gasteiger partial charge is 0.191 e. The van der Waals surface area contributed by atoms with Crippen molar-refractivity contribution >= 4 is 29.9 Å². The van der Waals surface area contributed by atoms with E-state index in [9.17, 15) is 0 Å². The molecule has 132 valence electrons. The standard InChI is InChI=1S/C17H29N3O2.HI/c1-4-18-17(19-11-12-21-5-2)20-13-15-9-7-8-10-16(15)14-22-6-3;/h7-10H,4-6,11-14H2,1-3H3,(H2,18,19,20);1H. The highest BCUT2D eigenvalue weighted by Gasteiger charge is 2.02. The van der Waals surface area contributed by atoms with Crippen LogP contribution in [0.4, 0.5) is 0 Å². The number of nitrogens with zero attached hydrogens (tertiary/aromatic N) is 1. The second-order valence-electron chi connectivity index (χ2n) is 4.72. The fraction of sp³-hybridized carbons (Fsp3) is 0.588. The Morgan fingerprint density at radius 3 is 2.35 bits per heavy atom. The number of nitrogens with one attached hydrogen (secondary N) is 2. The van der Waals surface area contributed by atoms with Crippen LogP contribution in [0.25, 0.3) is 0 Å². The summed E-state index contributed by atoms with van der Waals surface area (Å²) in [6.45, 7) is 11.1. The summed E-state index contributed by atoms with van der Waals surface area (Å²) in [5.74, 6) is 0.813. The number of benzene rings is 1. The molecule has 0 aromatic heterocycles. The summed E-state index contributed by atoms with van der Waals surface area (Å²) in [5.41, 5.74) is 2.39. The van der Waals surface area contributed by atoms with Gasteiger partial charge in [-0.3, -0.25) is 0 Å². The number of hydrogen-bond acceptors (Lipinski definition) is 3. The third kappa shape index (κ3) is 9.78. The fourth-order valence-electron chi connectivity index (χ4n) is 1.96. The van der Waals surface area contributed by atoms with Gasteiger partial charge in [0.15, 0.2) is 5.96 Å². The van der Waals surface area contributed by atoms with Crippen molar-refractivity contribution in [2.24, 2.45) is 4.99 Å². The highest BCUT2D eigenvalue weighted by molar-refractivity contribution is 14.0. The van der Waals surface area contributed by atoms with E-state index in [1.165, 1.54) is 11.1 Å². The molecule has 0 spiro atoms. The molecule has 6 heteroatoms. The van der Waals surface area contributed by atoms with Gasteiger partial charge in [-0.15, -0.1) is 24.0 Å². The molecular formula is C17H30IN3O2. The van der Waals surface area contributed by atoms with E-state index >= 15 is 0 Å². The molecular weight excluding hydrogens is 405 g/mol. The van der Waals surface area contributed by atoms with Gasteiger partial charge in [0.25, 0.3) is 0 Å². The van der Waals surface area contributed by atoms with Gasteiger partial charge in [0.1, 0.15) is 0 Å². The minimum atomic E-state index is 0. The number of ether oxygens (including phenoxy) is 2. The maximum Gasteiger partial charge on any atom is 0.191 e. The number of halogens is 1. The van der Waals surface area contributed by atoms with Gasteiger partial charge in [0.05, 0.1) is 19.8 Å². The summed E-state index contributed by atoms with van der Waals surface area (Å²) in [7, 11) is 0. The summed E-state index contributed by atoms with van der Waals surface area (Å²) in [6, 6.07) is 8.26. The zero-order valence-electron chi connectivity index (χ0n) is 14.4. The lowest BCUT2D eigenvalue weighted by atomic mass is 10.1. The summed E-state index contributed by atoms with van der Waals surface area (Å²) in [6.07, 6.45) is 0. The zero-order valence-corrected chi connectivity index (χ0v) is 16.8. The first kappa shape index (κ1) is 22.1. The average Bonchev–Trinajstić information content (AvgIpc) is 2.55. The van der Waals surface area contributed by atoms with E-state index in [-0.39, 0.29) is 24.0 Å². The van der Waals surface area contributed by atoms with Crippen molar-refractivity contribution in [3.63, 3.8) is 0 Å². The first-order valence-corrected chi connectivity index (χ1v) is 8.06. The summed E-state index contributed by atoms with van der Waals surface area (Å²) in [4.78, 5) is 4.63. The number of rotatable bonds is 10. The lowest BCUT2D eigenvalue weighted by Gasteiger charge is -2.12. The first-order valence-electron chi connectivity index (χ1n) is 8.06. The van der Waals surface area contributed by atoms with Gasteiger partial charge in [-0.2, -0.15) is 0 Å². The topological polar surface area (TPSA) is 54.9 Å². The van der Waals surface area contributed by atoms with Gasteiger partial charge in [0.2, 0.25) is 0 Å². The molecule has 0 radical (unpaired) electrons. The molecule has 0 unspecified atom stereocenters. The molecule has 0 saturated heterocycles. The second-order valence-corrected chi connectivity index (χ2v) is 4.72. The van der Waals surface area contributed by atoms with Crippen LogP contribution >= 0.6 is 24.0 Å². The molecule has 0 aliphatic carbocycles. The van der Waals surface area contributed by atoms with Crippen molar-refractivity contribution in [1.82, 2.24) is 10.6 Å². The minimum absolute atomic E-state index is 0. The molecule has 0 fully saturated rings. The van der Waals surface area contributed by atoms with Crippen molar-refractivity contribution in [3.05, 3.63) is 35.4 Å². The molecule has 0 bridgehead atoms. The quantitative estimate of drug-likeness (QED) is 0.257. The molecule has 0 aliphatic rings.